The van der Waals surface area contributed by atoms with Gasteiger partial charge in [-0.2, -0.15) is 0 Å². The summed E-state index contributed by atoms with van der Waals surface area (Å²) in [5.74, 6) is 1.73. The lowest BCUT2D eigenvalue weighted by atomic mass is 9.53. The third kappa shape index (κ3) is 4.34. The summed E-state index contributed by atoms with van der Waals surface area (Å²) in [6.45, 7) is 1.93. The summed E-state index contributed by atoms with van der Waals surface area (Å²) in [6, 6.07) is 18.8. The van der Waals surface area contributed by atoms with E-state index in [1.165, 1.54) is 5.56 Å². The fourth-order valence-electron chi connectivity index (χ4n) is 6.47. The van der Waals surface area contributed by atoms with Crippen molar-refractivity contribution in [3.05, 3.63) is 66.0 Å². The van der Waals surface area contributed by atoms with Gasteiger partial charge in [-0.25, -0.2) is 4.98 Å². The number of hydrogen-bond acceptors (Lipinski definition) is 4. The van der Waals surface area contributed by atoms with E-state index in [1.807, 2.05) is 19.2 Å². The molecule has 0 aliphatic heterocycles. The largest absolute Gasteiger partial charge is 0.390 e. The normalized spacial score (nSPS) is 29.2. The molecule has 33 heavy (non-hydrogen) atoms. The van der Waals surface area contributed by atoms with Gasteiger partial charge in [0.25, 0.3) is 0 Å². The standard InChI is InChI=1S/C28H37N3O2/c1-31(17-8-13-26-29-24-11-6-7-12-25(24)30-26)18-16-27(32)19-23-15-14-22(27)20-28(23,33-2)21-9-4-3-5-10-21/h3-7,9-12,22-23,32H,8,13-20H2,1-2H3,(H,29,30)/t22-,23-,27+,28+/m0/s1. The summed E-state index contributed by atoms with van der Waals surface area (Å²) >= 11 is 0. The van der Waals surface area contributed by atoms with Crippen molar-refractivity contribution in [2.75, 3.05) is 27.2 Å². The van der Waals surface area contributed by atoms with E-state index >= 15 is 0 Å². The second kappa shape index (κ2) is 9.21. The highest BCUT2D eigenvalue weighted by molar-refractivity contribution is 5.74. The van der Waals surface area contributed by atoms with Crippen LogP contribution >= 0.6 is 0 Å². The van der Waals surface area contributed by atoms with Crippen LogP contribution in [-0.4, -0.2) is 52.8 Å². The molecule has 1 heterocycles. The molecule has 3 aliphatic carbocycles. The van der Waals surface area contributed by atoms with Gasteiger partial charge in [0.2, 0.25) is 0 Å². The number of H-pyrrole nitrogens is 1. The molecule has 2 aromatic carbocycles. The summed E-state index contributed by atoms with van der Waals surface area (Å²) in [6.07, 6.45) is 6.85. The molecule has 3 fully saturated rings. The SMILES string of the molecule is CO[C@@]1(c2ccccc2)C[C@@H]2CC[C@H]1C[C@]2(O)CCN(C)CCCc1nc2ccccc2[nH]1. The van der Waals surface area contributed by atoms with Gasteiger partial charge in [-0.05, 0) is 81.6 Å². The topological polar surface area (TPSA) is 61.4 Å². The molecule has 0 unspecified atom stereocenters. The number of aromatic amines is 1. The molecule has 0 radical (unpaired) electrons. The molecule has 2 bridgehead atoms. The molecule has 2 N–H and O–H groups in total. The average Bonchev–Trinajstić information content (AvgIpc) is 3.26. The molecular weight excluding hydrogens is 410 g/mol. The number of aromatic nitrogens is 2. The summed E-state index contributed by atoms with van der Waals surface area (Å²) in [4.78, 5) is 10.5. The predicted molar refractivity (Wildman–Crippen MR) is 132 cm³/mol. The molecular formula is C28H37N3O2. The molecule has 4 atom stereocenters. The predicted octanol–water partition coefficient (Wildman–Crippen LogP) is 4.91. The van der Waals surface area contributed by atoms with Crippen molar-refractivity contribution in [2.24, 2.45) is 11.8 Å². The van der Waals surface area contributed by atoms with Gasteiger partial charge in [-0.3, -0.25) is 0 Å². The lowest BCUT2D eigenvalue weighted by Crippen LogP contribution is -2.58. The van der Waals surface area contributed by atoms with E-state index in [0.717, 1.165) is 74.9 Å². The van der Waals surface area contributed by atoms with Crippen molar-refractivity contribution >= 4 is 11.0 Å². The zero-order valence-electron chi connectivity index (χ0n) is 20.0. The molecule has 0 saturated heterocycles. The van der Waals surface area contributed by atoms with E-state index in [0.29, 0.717) is 11.8 Å². The Morgan fingerprint density at radius 1 is 1.03 bits per heavy atom. The number of para-hydroxylation sites is 2. The first-order valence-electron chi connectivity index (χ1n) is 12.5. The Kier molecular flexibility index (Phi) is 6.30. The third-order valence-electron chi connectivity index (χ3n) is 8.38. The number of ether oxygens (including phenoxy) is 1. The molecule has 3 aliphatic rings. The molecule has 3 saturated carbocycles. The molecule has 0 spiro atoms. The number of rotatable bonds is 9. The quantitative estimate of drug-likeness (QED) is 0.489. The number of nitrogens with zero attached hydrogens (tertiary/aromatic N) is 2. The van der Waals surface area contributed by atoms with E-state index in [-0.39, 0.29) is 5.60 Å². The lowest BCUT2D eigenvalue weighted by Gasteiger charge is -2.58. The van der Waals surface area contributed by atoms with E-state index < -0.39 is 5.60 Å². The zero-order chi connectivity index (χ0) is 22.9. The maximum atomic E-state index is 11.7. The first-order valence-corrected chi connectivity index (χ1v) is 12.5. The Balaban J connectivity index is 1.15. The van der Waals surface area contributed by atoms with E-state index in [4.69, 9.17) is 4.74 Å². The van der Waals surface area contributed by atoms with Crippen LogP contribution in [-0.2, 0) is 16.8 Å². The van der Waals surface area contributed by atoms with Crippen molar-refractivity contribution in [1.29, 1.82) is 0 Å². The van der Waals surface area contributed by atoms with Crippen molar-refractivity contribution in [1.82, 2.24) is 14.9 Å². The van der Waals surface area contributed by atoms with Crippen LogP contribution in [0, 0.1) is 11.8 Å². The molecule has 5 nitrogen and oxygen atoms in total. The summed E-state index contributed by atoms with van der Waals surface area (Å²) in [5.41, 5.74) is 2.60. The van der Waals surface area contributed by atoms with Crippen molar-refractivity contribution < 1.29 is 9.84 Å². The lowest BCUT2D eigenvalue weighted by molar-refractivity contribution is -0.207. The van der Waals surface area contributed by atoms with Crippen LogP contribution in [0.15, 0.2) is 54.6 Å². The van der Waals surface area contributed by atoms with Gasteiger partial charge in [0.05, 0.1) is 22.2 Å². The van der Waals surface area contributed by atoms with Gasteiger partial charge in [0.1, 0.15) is 5.82 Å². The monoisotopic (exact) mass is 447 g/mol. The van der Waals surface area contributed by atoms with Gasteiger partial charge >= 0.3 is 0 Å². The van der Waals surface area contributed by atoms with Crippen LogP contribution in [0.2, 0.25) is 0 Å². The van der Waals surface area contributed by atoms with Crippen molar-refractivity contribution in [3.63, 3.8) is 0 Å². The highest BCUT2D eigenvalue weighted by atomic mass is 16.5. The van der Waals surface area contributed by atoms with Crippen LogP contribution in [0.5, 0.6) is 0 Å². The number of nitrogens with one attached hydrogen (secondary N) is 1. The van der Waals surface area contributed by atoms with Gasteiger partial charge in [0, 0.05) is 20.1 Å². The van der Waals surface area contributed by atoms with E-state index in [9.17, 15) is 5.11 Å². The number of aliphatic hydroxyl groups is 1. The van der Waals surface area contributed by atoms with Gasteiger partial charge in [0.15, 0.2) is 0 Å². The van der Waals surface area contributed by atoms with Crippen LogP contribution in [0.3, 0.4) is 0 Å². The van der Waals surface area contributed by atoms with Crippen LogP contribution in [0.25, 0.3) is 11.0 Å². The minimum atomic E-state index is -0.577. The first-order chi connectivity index (χ1) is 16.0. The second-order valence-electron chi connectivity index (χ2n) is 10.3. The maximum Gasteiger partial charge on any atom is 0.107 e. The van der Waals surface area contributed by atoms with Crippen molar-refractivity contribution in [3.8, 4) is 0 Å². The Bertz CT molecular complexity index is 1030. The van der Waals surface area contributed by atoms with Crippen LogP contribution < -0.4 is 0 Å². The molecule has 3 aromatic rings. The number of fused-ring (bicyclic) bond motifs is 4. The van der Waals surface area contributed by atoms with Crippen LogP contribution in [0.4, 0.5) is 0 Å². The average molecular weight is 448 g/mol. The summed E-state index contributed by atoms with van der Waals surface area (Å²) in [7, 11) is 4.02. The third-order valence-corrected chi connectivity index (χ3v) is 8.38. The number of methoxy groups -OCH3 is 1. The maximum absolute atomic E-state index is 11.7. The minimum Gasteiger partial charge on any atom is -0.390 e. The fraction of sp³-hybridized carbons (Fsp3) is 0.536. The minimum absolute atomic E-state index is 0.241. The van der Waals surface area contributed by atoms with Crippen LogP contribution in [0.1, 0.15) is 49.9 Å². The van der Waals surface area contributed by atoms with Gasteiger partial charge in [-0.15, -0.1) is 0 Å². The highest BCUT2D eigenvalue weighted by Crippen LogP contribution is 2.58. The first kappa shape index (κ1) is 22.6. The molecule has 0 amide bonds. The molecule has 6 rings (SSSR count). The number of hydrogen-bond donors (Lipinski definition) is 2. The van der Waals surface area contributed by atoms with E-state index in [2.05, 4.69) is 64.4 Å². The van der Waals surface area contributed by atoms with Gasteiger partial charge in [-0.1, -0.05) is 42.5 Å². The molecule has 1 aromatic heterocycles. The molecule has 5 heteroatoms. The highest BCUT2D eigenvalue weighted by Gasteiger charge is 2.57. The summed E-state index contributed by atoms with van der Waals surface area (Å²) < 4.78 is 6.20. The summed E-state index contributed by atoms with van der Waals surface area (Å²) in [5, 5.41) is 11.7. The number of aryl methyl sites for hydroxylation is 1. The fourth-order valence-corrected chi connectivity index (χ4v) is 6.47. The zero-order valence-corrected chi connectivity index (χ0v) is 20.0. The Morgan fingerprint density at radius 2 is 1.79 bits per heavy atom. The van der Waals surface area contributed by atoms with Gasteiger partial charge < -0.3 is 19.7 Å². The molecule has 176 valence electrons. The smallest absolute Gasteiger partial charge is 0.107 e. The Hall–Kier alpha value is -2.21. The number of benzene rings is 2. The van der Waals surface area contributed by atoms with E-state index in [1.54, 1.807) is 0 Å². The Labute approximate surface area is 197 Å². The Morgan fingerprint density at radius 3 is 2.52 bits per heavy atom. The number of imidazole rings is 1. The van der Waals surface area contributed by atoms with Crippen molar-refractivity contribution in [2.45, 2.75) is 56.1 Å². The second-order valence-corrected chi connectivity index (χ2v) is 10.3.